The van der Waals surface area contributed by atoms with Gasteiger partial charge in [-0.1, -0.05) is 13.0 Å². The molecule has 0 spiro atoms. The molecule has 0 radical (unpaired) electrons. The van der Waals surface area contributed by atoms with Gasteiger partial charge in [-0.2, -0.15) is 0 Å². The molecule has 1 amide bonds. The first-order chi connectivity index (χ1) is 9.69. The van der Waals surface area contributed by atoms with Gasteiger partial charge in [0.15, 0.2) is 0 Å². The predicted molar refractivity (Wildman–Crippen MR) is 85.4 cm³/mol. The third kappa shape index (κ3) is 5.61. The molecule has 2 N–H and O–H groups in total. The number of carbonyl (C=O) groups excluding carboxylic acids is 1. The summed E-state index contributed by atoms with van der Waals surface area (Å²) in [4.78, 5) is 14.3. The Hall–Kier alpha value is -1.17. The van der Waals surface area contributed by atoms with E-state index in [1.165, 1.54) is 12.1 Å². The first kappa shape index (κ1) is 17.9. The zero-order chi connectivity index (χ0) is 14.4. The largest absolute Gasteiger partial charge is 0.325 e. The molecule has 1 atom stereocenters. The molecule has 118 valence electrons. The Balaban J connectivity index is 0.00000220. The summed E-state index contributed by atoms with van der Waals surface area (Å²) < 4.78 is 13.1. The third-order valence-corrected chi connectivity index (χ3v) is 3.52. The van der Waals surface area contributed by atoms with Gasteiger partial charge < -0.3 is 10.6 Å². The molecule has 1 aliphatic heterocycles. The Morgan fingerprint density at radius 3 is 2.95 bits per heavy atom. The van der Waals surface area contributed by atoms with E-state index in [4.69, 9.17) is 0 Å². The van der Waals surface area contributed by atoms with E-state index >= 15 is 0 Å². The zero-order valence-corrected chi connectivity index (χ0v) is 13.1. The fourth-order valence-corrected chi connectivity index (χ4v) is 2.58. The summed E-state index contributed by atoms with van der Waals surface area (Å²) in [5.41, 5.74) is 0.510. The van der Waals surface area contributed by atoms with Crippen molar-refractivity contribution in [2.45, 2.75) is 25.8 Å². The fraction of sp³-hybridized carbons (Fsp3) is 0.533. The average Bonchev–Trinajstić information content (AvgIpc) is 2.92. The Kier molecular flexibility index (Phi) is 7.64. The smallest absolute Gasteiger partial charge is 0.238 e. The van der Waals surface area contributed by atoms with E-state index < -0.39 is 0 Å². The normalized spacial score (nSPS) is 17.6. The molecule has 4 nitrogen and oxygen atoms in total. The van der Waals surface area contributed by atoms with Crippen molar-refractivity contribution < 1.29 is 9.18 Å². The minimum absolute atomic E-state index is 0. The Bertz CT molecular complexity index is 452. The number of hydrogen-bond acceptors (Lipinski definition) is 3. The van der Waals surface area contributed by atoms with Gasteiger partial charge in [-0.05, 0) is 44.1 Å². The number of amides is 1. The van der Waals surface area contributed by atoms with Crippen LogP contribution >= 0.6 is 12.4 Å². The van der Waals surface area contributed by atoms with Crippen LogP contribution in [-0.4, -0.2) is 43.0 Å². The van der Waals surface area contributed by atoms with Crippen LogP contribution in [0.1, 0.15) is 19.8 Å². The van der Waals surface area contributed by atoms with E-state index in [0.29, 0.717) is 18.3 Å². The van der Waals surface area contributed by atoms with Crippen molar-refractivity contribution in [2.75, 3.05) is 31.5 Å². The molecule has 1 aliphatic rings. The number of benzene rings is 1. The van der Waals surface area contributed by atoms with E-state index in [1.54, 1.807) is 12.1 Å². The number of anilines is 1. The van der Waals surface area contributed by atoms with Crippen LogP contribution in [0.15, 0.2) is 24.3 Å². The lowest BCUT2D eigenvalue weighted by Gasteiger charge is -2.27. The number of halogens is 2. The summed E-state index contributed by atoms with van der Waals surface area (Å²) in [5, 5.41) is 6.07. The number of nitrogens with one attached hydrogen (secondary N) is 2. The van der Waals surface area contributed by atoms with Gasteiger partial charge in [-0.25, -0.2) is 4.39 Å². The highest BCUT2D eigenvalue weighted by Crippen LogP contribution is 2.11. The highest BCUT2D eigenvalue weighted by molar-refractivity contribution is 5.92. The maximum Gasteiger partial charge on any atom is 0.238 e. The van der Waals surface area contributed by atoms with Crippen LogP contribution in [-0.2, 0) is 4.79 Å². The van der Waals surface area contributed by atoms with Crippen LogP contribution < -0.4 is 10.6 Å². The first-order valence-electron chi connectivity index (χ1n) is 7.19. The minimum atomic E-state index is -0.340. The SMILES string of the molecule is CCCN(CC(=O)Nc1cccc(F)c1)C1CCNC1.Cl. The number of rotatable bonds is 6. The number of nitrogens with zero attached hydrogens (tertiary/aromatic N) is 1. The summed E-state index contributed by atoms with van der Waals surface area (Å²) in [6.45, 7) is 5.32. The summed E-state index contributed by atoms with van der Waals surface area (Å²) in [5.74, 6) is -0.427. The van der Waals surface area contributed by atoms with Crippen molar-refractivity contribution >= 4 is 24.0 Å². The van der Waals surface area contributed by atoms with Crippen molar-refractivity contribution in [3.63, 3.8) is 0 Å². The van der Waals surface area contributed by atoms with Gasteiger partial charge in [-0.15, -0.1) is 12.4 Å². The molecule has 0 aliphatic carbocycles. The average molecular weight is 316 g/mol. The van der Waals surface area contributed by atoms with Crippen molar-refractivity contribution in [3.05, 3.63) is 30.1 Å². The topological polar surface area (TPSA) is 44.4 Å². The minimum Gasteiger partial charge on any atom is -0.325 e. The van der Waals surface area contributed by atoms with Crippen molar-refractivity contribution in [1.29, 1.82) is 0 Å². The second-order valence-corrected chi connectivity index (χ2v) is 5.18. The molecule has 6 heteroatoms. The van der Waals surface area contributed by atoms with Crippen LogP contribution in [0.5, 0.6) is 0 Å². The van der Waals surface area contributed by atoms with Gasteiger partial charge in [0, 0.05) is 18.3 Å². The lowest BCUT2D eigenvalue weighted by Crippen LogP contribution is -2.42. The van der Waals surface area contributed by atoms with Crippen LogP contribution in [0.3, 0.4) is 0 Å². The van der Waals surface area contributed by atoms with Gasteiger partial charge in [0.2, 0.25) is 5.91 Å². The Morgan fingerprint density at radius 2 is 2.33 bits per heavy atom. The first-order valence-corrected chi connectivity index (χ1v) is 7.19. The molecule has 21 heavy (non-hydrogen) atoms. The summed E-state index contributed by atoms with van der Waals surface area (Å²) in [7, 11) is 0. The molecule has 0 saturated carbocycles. The van der Waals surface area contributed by atoms with Crippen molar-refractivity contribution in [2.24, 2.45) is 0 Å². The van der Waals surface area contributed by atoms with Crippen molar-refractivity contribution in [1.82, 2.24) is 10.2 Å². The van der Waals surface area contributed by atoms with Crippen LogP contribution in [0.2, 0.25) is 0 Å². The predicted octanol–water partition coefficient (Wildman–Crippen LogP) is 2.26. The lowest BCUT2D eigenvalue weighted by molar-refractivity contribution is -0.117. The molecule has 0 bridgehead atoms. The molecular formula is C15H23ClFN3O. The summed E-state index contributed by atoms with van der Waals surface area (Å²) in [6, 6.07) is 6.41. The van der Waals surface area contributed by atoms with E-state index in [1.807, 2.05) is 0 Å². The monoisotopic (exact) mass is 315 g/mol. The molecule has 2 rings (SSSR count). The molecule has 0 aromatic heterocycles. The summed E-state index contributed by atoms with van der Waals surface area (Å²) in [6.07, 6.45) is 2.09. The molecule has 1 aromatic rings. The zero-order valence-electron chi connectivity index (χ0n) is 12.3. The van der Waals surface area contributed by atoms with E-state index in [9.17, 15) is 9.18 Å². The Morgan fingerprint density at radius 1 is 1.52 bits per heavy atom. The second kappa shape index (κ2) is 8.97. The van der Waals surface area contributed by atoms with Gasteiger partial charge in [0.25, 0.3) is 0 Å². The molecular weight excluding hydrogens is 293 g/mol. The van der Waals surface area contributed by atoms with Crippen molar-refractivity contribution in [3.8, 4) is 0 Å². The standard InChI is InChI=1S/C15H22FN3O.ClH/c1-2-8-19(14-6-7-17-10-14)11-15(20)18-13-5-3-4-12(16)9-13;/h3-5,9,14,17H,2,6-8,10-11H2,1H3,(H,18,20);1H. The Labute approximate surface area is 131 Å². The quantitative estimate of drug-likeness (QED) is 0.846. The molecule has 1 aromatic carbocycles. The van der Waals surface area contributed by atoms with Crippen LogP contribution in [0, 0.1) is 5.82 Å². The van der Waals surface area contributed by atoms with E-state index in [2.05, 4.69) is 22.5 Å². The van der Waals surface area contributed by atoms with Gasteiger partial charge >= 0.3 is 0 Å². The number of carbonyl (C=O) groups is 1. The second-order valence-electron chi connectivity index (χ2n) is 5.18. The van der Waals surface area contributed by atoms with E-state index in [0.717, 1.165) is 32.5 Å². The third-order valence-electron chi connectivity index (χ3n) is 3.52. The van der Waals surface area contributed by atoms with Gasteiger partial charge in [-0.3, -0.25) is 9.69 Å². The highest BCUT2D eigenvalue weighted by atomic mass is 35.5. The molecule has 1 fully saturated rings. The molecule has 1 saturated heterocycles. The van der Waals surface area contributed by atoms with Gasteiger partial charge in [0.1, 0.15) is 5.82 Å². The van der Waals surface area contributed by atoms with Crippen LogP contribution in [0.25, 0.3) is 0 Å². The van der Waals surface area contributed by atoms with Gasteiger partial charge in [0.05, 0.1) is 6.54 Å². The van der Waals surface area contributed by atoms with Crippen LogP contribution in [0.4, 0.5) is 10.1 Å². The highest BCUT2D eigenvalue weighted by Gasteiger charge is 2.23. The lowest BCUT2D eigenvalue weighted by atomic mass is 10.2. The molecule has 1 heterocycles. The summed E-state index contributed by atoms with van der Waals surface area (Å²) >= 11 is 0. The molecule has 1 unspecified atom stereocenters. The van der Waals surface area contributed by atoms with E-state index in [-0.39, 0.29) is 24.1 Å². The maximum absolute atomic E-state index is 13.1. The number of hydrogen-bond donors (Lipinski definition) is 2. The maximum atomic E-state index is 13.1. The fourth-order valence-electron chi connectivity index (χ4n) is 2.58.